The Kier molecular flexibility index (Phi) is 5.22. The molecule has 4 aromatic rings. The number of rotatable bonds is 6. The highest BCUT2D eigenvalue weighted by molar-refractivity contribution is 5.64. The summed E-state index contributed by atoms with van der Waals surface area (Å²) in [6, 6.07) is 34.6. The van der Waals surface area contributed by atoms with Gasteiger partial charge in [0.15, 0.2) is 0 Å². The summed E-state index contributed by atoms with van der Waals surface area (Å²) in [7, 11) is 0. The monoisotopic (exact) mass is 368 g/mol. The normalized spacial score (nSPS) is 10.3. The van der Waals surface area contributed by atoms with Crippen LogP contribution in [-0.4, -0.2) is 0 Å². The van der Waals surface area contributed by atoms with Crippen molar-refractivity contribution in [1.29, 1.82) is 0 Å². The van der Waals surface area contributed by atoms with Crippen molar-refractivity contribution >= 4 is 11.4 Å². The van der Waals surface area contributed by atoms with E-state index in [1.54, 1.807) is 5.01 Å². The van der Waals surface area contributed by atoms with Gasteiger partial charge in [-0.05, 0) is 48.5 Å². The molecule has 0 bridgehead atoms. The van der Waals surface area contributed by atoms with Gasteiger partial charge in [0.25, 0.3) is 0 Å². The van der Waals surface area contributed by atoms with Crippen molar-refractivity contribution in [1.82, 2.24) is 0 Å². The van der Waals surface area contributed by atoms with Crippen molar-refractivity contribution in [2.24, 2.45) is 5.84 Å². The van der Waals surface area contributed by atoms with E-state index in [0.717, 1.165) is 34.4 Å². The lowest BCUT2D eigenvalue weighted by Gasteiger charge is -2.20. The molecule has 0 aromatic heterocycles. The number of hydrazine groups is 1. The van der Waals surface area contributed by atoms with Gasteiger partial charge in [-0.2, -0.15) is 0 Å². The van der Waals surface area contributed by atoms with Gasteiger partial charge in [-0.1, -0.05) is 48.5 Å². The predicted molar refractivity (Wildman–Crippen MR) is 112 cm³/mol. The molecule has 0 amide bonds. The van der Waals surface area contributed by atoms with Crippen molar-refractivity contribution < 1.29 is 9.47 Å². The third kappa shape index (κ3) is 4.31. The lowest BCUT2D eigenvalue weighted by atomic mass is 10.2. The first kappa shape index (κ1) is 17.6. The van der Waals surface area contributed by atoms with E-state index < -0.39 is 0 Å². The molecule has 0 aliphatic carbocycles. The maximum atomic E-state index is 6.36. The van der Waals surface area contributed by atoms with E-state index in [1.165, 1.54) is 0 Å². The third-order valence-electron chi connectivity index (χ3n) is 4.15. The quantitative estimate of drug-likeness (QED) is 0.321. The minimum Gasteiger partial charge on any atom is -0.457 e. The summed E-state index contributed by atoms with van der Waals surface area (Å²) in [6.07, 6.45) is 0. The van der Waals surface area contributed by atoms with Gasteiger partial charge >= 0.3 is 0 Å². The first-order valence-electron chi connectivity index (χ1n) is 8.99. The van der Waals surface area contributed by atoms with Crippen molar-refractivity contribution in [3.8, 4) is 23.0 Å². The van der Waals surface area contributed by atoms with Crippen LogP contribution in [0.5, 0.6) is 23.0 Å². The number of nitrogens with two attached hydrogens (primary N) is 1. The van der Waals surface area contributed by atoms with Gasteiger partial charge in [-0.25, -0.2) is 5.84 Å². The molecule has 0 saturated heterocycles. The Morgan fingerprint density at radius 3 is 1.29 bits per heavy atom. The molecule has 0 radical (unpaired) electrons. The summed E-state index contributed by atoms with van der Waals surface area (Å²) in [5.74, 6) is 9.36. The number of nitrogens with zero attached hydrogens (tertiary/aromatic N) is 1. The van der Waals surface area contributed by atoms with Crippen molar-refractivity contribution in [3.63, 3.8) is 0 Å². The second kappa shape index (κ2) is 8.29. The van der Waals surface area contributed by atoms with Crippen LogP contribution in [0.25, 0.3) is 0 Å². The standard InChI is InChI=1S/C24H20N2O2/c25-26(19-9-7-15-23(17-19)27-21-11-3-1-4-12-21)20-10-8-16-24(18-20)28-22-13-5-2-6-14-22/h1-18H,25H2. The number of ether oxygens (including phenoxy) is 2. The molecule has 4 heteroatoms. The zero-order valence-corrected chi connectivity index (χ0v) is 15.2. The summed E-state index contributed by atoms with van der Waals surface area (Å²) in [6.45, 7) is 0. The topological polar surface area (TPSA) is 47.7 Å². The molecule has 0 heterocycles. The summed E-state index contributed by atoms with van der Waals surface area (Å²) in [5, 5.41) is 1.61. The number of hydrogen-bond acceptors (Lipinski definition) is 4. The van der Waals surface area contributed by atoms with Crippen molar-refractivity contribution in [2.75, 3.05) is 5.01 Å². The van der Waals surface area contributed by atoms with Gasteiger partial charge in [0.05, 0.1) is 11.4 Å². The number of hydrogen-bond donors (Lipinski definition) is 1. The van der Waals surface area contributed by atoms with Crippen LogP contribution >= 0.6 is 0 Å². The highest BCUT2D eigenvalue weighted by atomic mass is 16.5. The fraction of sp³-hybridized carbons (Fsp3) is 0. The second-order valence-corrected chi connectivity index (χ2v) is 6.19. The van der Waals surface area contributed by atoms with Crippen molar-refractivity contribution in [3.05, 3.63) is 109 Å². The van der Waals surface area contributed by atoms with E-state index in [4.69, 9.17) is 15.3 Å². The smallest absolute Gasteiger partial charge is 0.129 e. The lowest BCUT2D eigenvalue weighted by Crippen LogP contribution is -2.24. The molecule has 0 saturated carbocycles. The number of anilines is 2. The number of para-hydroxylation sites is 2. The van der Waals surface area contributed by atoms with Crippen LogP contribution in [0.2, 0.25) is 0 Å². The van der Waals surface area contributed by atoms with Crippen LogP contribution in [-0.2, 0) is 0 Å². The molecule has 0 unspecified atom stereocenters. The van der Waals surface area contributed by atoms with E-state index >= 15 is 0 Å². The largest absolute Gasteiger partial charge is 0.457 e. The highest BCUT2D eigenvalue weighted by Crippen LogP contribution is 2.31. The lowest BCUT2D eigenvalue weighted by molar-refractivity contribution is 0.482. The molecule has 0 atom stereocenters. The maximum Gasteiger partial charge on any atom is 0.129 e. The molecule has 2 N–H and O–H groups in total. The molecule has 0 fully saturated rings. The predicted octanol–water partition coefficient (Wildman–Crippen LogP) is 6.28. The van der Waals surface area contributed by atoms with Crippen LogP contribution in [0.3, 0.4) is 0 Å². The average molecular weight is 368 g/mol. The molecule has 138 valence electrons. The maximum absolute atomic E-state index is 6.36. The summed E-state index contributed by atoms with van der Waals surface area (Å²) in [4.78, 5) is 0. The minimum atomic E-state index is 0.718. The molecular formula is C24H20N2O2. The highest BCUT2D eigenvalue weighted by Gasteiger charge is 2.08. The summed E-state index contributed by atoms with van der Waals surface area (Å²) >= 11 is 0. The van der Waals surface area contributed by atoms with Gasteiger partial charge in [0, 0.05) is 12.1 Å². The first-order chi connectivity index (χ1) is 13.8. The van der Waals surface area contributed by atoms with Crippen LogP contribution in [0.4, 0.5) is 11.4 Å². The van der Waals surface area contributed by atoms with Gasteiger partial charge in [-0.3, -0.25) is 5.01 Å². The van der Waals surface area contributed by atoms with Crippen molar-refractivity contribution in [2.45, 2.75) is 0 Å². The minimum absolute atomic E-state index is 0.718. The van der Waals surface area contributed by atoms with E-state index in [-0.39, 0.29) is 0 Å². The average Bonchev–Trinajstić information content (AvgIpc) is 2.75. The Balaban J connectivity index is 1.53. The molecule has 4 aromatic carbocycles. The first-order valence-corrected chi connectivity index (χ1v) is 8.99. The summed E-state index contributed by atoms with van der Waals surface area (Å²) in [5.41, 5.74) is 1.62. The Labute approximate surface area is 164 Å². The van der Waals surface area contributed by atoms with Gasteiger partial charge in [0.2, 0.25) is 0 Å². The Morgan fingerprint density at radius 1 is 0.464 bits per heavy atom. The zero-order valence-electron chi connectivity index (χ0n) is 15.2. The molecule has 4 nitrogen and oxygen atoms in total. The van der Waals surface area contributed by atoms with Crippen LogP contribution < -0.4 is 20.3 Å². The molecule has 0 spiro atoms. The Bertz CT molecular complexity index is 951. The van der Waals surface area contributed by atoms with E-state index in [0.29, 0.717) is 0 Å². The third-order valence-corrected chi connectivity index (χ3v) is 4.15. The van der Waals surface area contributed by atoms with Gasteiger partial charge in [0.1, 0.15) is 23.0 Å². The molecule has 0 aliphatic heterocycles. The number of benzene rings is 4. The zero-order chi connectivity index (χ0) is 19.2. The van der Waals surface area contributed by atoms with Crippen LogP contribution in [0, 0.1) is 0 Å². The fourth-order valence-electron chi connectivity index (χ4n) is 2.79. The Morgan fingerprint density at radius 2 is 0.857 bits per heavy atom. The molecule has 28 heavy (non-hydrogen) atoms. The Hall–Kier alpha value is -3.76. The molecule has 0 aliphatic rings. The van der Waals surface area contributed by atoms with Gasteiger partial charge in [-0.15, -0.1) is 0 Å². The molecular weight excluding hydrogens is 348 g/mol. The second-order valence-electron chi connectivity index (χ2n) is 6.19. The SMILES string of the molecule is NN(c1cccc(Oc2ccccc2)c1)c1cccc(Oc2ccccc2)c1. The van der Waals surface area contributed by atoms with Crippen LogP contribution in [0.1, 0.15) is 0 Å². The molecule has 4 rings (SSSR count). The fourth-order valence-corrected chi connectivity index (χ4v) is 2.79. The van der Waals surface area contributed by atoms with E-state index in [2.05, 4.69) is 0 Å². The van der Waals surface area contributed by atoms with Crippen LogP contribution in [0.15, 0.2) is 109 Å². The van der Waals surface area contributed by atoms with Gasteiger partial charge < -0.3 is 9.47 Å². The summed E-state index contributed by atoms with van der Waals surface area (Å²) < 4.78 is 11.8. The van der Waals surface area contributed by atoms with E-state index in [9.17, 15) is 0 Å². The van der Waals surface area contributed by atoms with E-state index in [1.807, 2.05) is 109 Å².